The maximum absolute atomic E-state index is 13.0. The number of ether oxygens (including phenoxy) is 1. The van der Waals surface area contributed by atoms with E-state index in [0.29, 0.717) is 26.2 Å². The van der Waals surface area contributed by atoms with Crippen LogP contribution in [0.1, 0.15) is 17.2 Å². The predicted molar refractivity (Wildman–Crippen MR) is 91.3 cm³/mol. The number of nitrogens with one attached hydrogen (secondary N) is 1. The molecule has 1 aliphatic rings. The van der Waals surface area contributed by atoms with E-state index >= 15 is 0 Å². The molecule has 2 aromatic carbocycles. The minimum Gasteiger partial charge on any atom is -0.371 e. The van der Waals surface area contributed by atoms with Crippen LogP contribution in [0.4, 0.5) is 10.1 Å². The number of amides is 1. The molecule has 1 heterocycles. The summed E-state index contributed by atoms with van der Waals surface area (Å²) in [6, 6.07) is 14.1. The first kappa shape index (κ1) is 16.6. The number of hydrogen-bond donors (Lipinski definition) is 1. The van der Waals surface area contributed by atoms with E-state index in [1.807, 2.05) is 31.2 Å². The normalized spacial score (nSPS) is 18.3. The second-order valence-electron chi connectivity index (χ2n) is 6.06. The average molecular weight is 328 g/mol. The highest BCUT2D eigenvalue weighted by atomic mass is 19.1. The number of nitrogens with zero attached hydrogens (tertiary/aromatic N) is 1. The van der Waals surface area contributed by atoms with Crippen molar-refractivity contribution in [3.05, 3.63) is 65.5 Å². The van der Waals surface area contributed by atoms with E-state index in [1.165, 1.54) is 12.1 Å². The molecular formula is C19H21FN2O2. The lowest BCUT2D eigenvalue weighted by Gasteiger charge is -2.32. The van der Waals surface area contributed by atoms with Crippen molar-refractivity contribution in [3.8, 4) is 0 Å². The van der Waals surface area contributed by atoms with E-state index in [2.05, 4.69) is 10.2 Å². The summed E-state index contributed by atoms with van der Waals surface area (Å²) in [5.41, 5.74) is 2.89. The Labute approximate surface area is 141 Å². The molecule has 126 valence electrons. The van der Waals surface area contributed by atoms with Gasteiger partial charge in [-0.3, -0.25) is 9.69 Å². The average Bonchev–Trinajstić information content (AvgIpc) is 2.58. The van der Waals surface area contributed by atoms with Gasteiger partial charge in [-0.2, -0.15) is 0 Å². The van der Waals surface area contributed by atoms with Crippen molar-refractivity contribution in [2.75, 3.05) is 31.6 Å². The molecule has 24 heavy (non-hydrogen) atoms. The quantitative estimate of drug-likeness (QED) is 0.937. The van der Waals surface area contributed by atoms with Crippen molar-refractivity contribution >= 4 is 11.6 Å². The van der Waals surface area contributed by atoms with Gasteiger partial charge >= 0.3 is 0 Å². The molecule has 1 fully saturated rings. The van der Waals surface area contributed by atoms with E-state index in [9.17, 15) is 9.18 Å². The number of aryl methyl sites for hydroxylation is 1. The SMILES string of the molecule is Cc1ccc(NC(=O)CN2CCOC(c3ccc(F)cc3)C2)cc1. The van der Waals surface area contributed by atoms with E-state index in [-0.39, 0.29) is 17.8 Å². The number of carbonyl (C=O) groups is 1. The molecule has 0 spiro atoms. The highest BCUT2D eigenvalue weighted by Gasteiger charge is 2.23. The number of anilines is 1. The van der Waals surface area contributed by atoms with Crippen molar-refractivity contribution in [1.29, 1.82) is 0 Å². The first-order chi connectivity index (χ1) is 11.6. The molecule has 3 rings (SSSR count). The number of carbonyl (C=O) groups excluding carboxylic acids is 1. The lowest BCUT2D eigenvalue weighted by Crippen LogP contribution is -2.42. The summed E-state index contributed by atoms with van der Waals surface area (Å²) in [4.78, 5) is 14.3. The Hall–Kier alpha value is -2.24. The first-order valence-electron chi connectivity index (χ1n) is 8.06. The molecule has 1 saturated heterocycles. The van der Waals surface area contributed by atoms with E-state index in [1.54, 1.807) is 12.1 Å². The Morgan fingerprint density at radius 2 is 1.92 bits per heavy atom. The first-order valence-corrected chi connectivity index (χ1v) is 8.06. The van der Waals surface area contributed by atoms with E-state index in [0.717, 1.165) is 16.8 Å². The summed E-state index contributed by atoms with van der Waals surface area (Å²) in [5, 5.41) is 2.91. The Morgan fingerprint density at radius 3 is 2.62 bits per heavy atom. The van der Waals surface area contributed by atoms with Gasteiger partial charge in [0.25, 0.3) is 0 Å². The largest absolute Gasteiger partial charge is 0.371 e. The molecule has 4 nitrogen and oxygen atoms in total. The van der Waals surface area contributed by atoms with Crippen LogP contribution in [0.5, 0.6) is 0 Å². The molecule has 2 aromatic rings. The van der Waals surface area contributed by atoms with Gasteiger partial charge in [-0.1, -0.05) is 29.8 Å². The Bertz CT molecular complexity index is 686. The molecule has 1 aliphatic heterocycles. The van der Waals surface area contributed by atoms with Gasteiger partial charge in [-0.25, -0.2) is 4.39 Å². The van der Waals surface area contributed by atoms with Crippen LogP contribution in [0.15, 0.2) is 48.5 Å². The number of halogens is 1. The van der Waals surface area contributed by atoms with Crippen LogP contribution in [-0.2, 0) is 9.53 Å². The molecule has 5 heteroatoms. The zero-order valence-electron chi connectivity index (χ0n) is 13.7. The third kappa shape index (κ3) is 4.40. The zero-order chi connectivity index (χ0) is 16.9. The second kappa shape index (κ2) is 7.55. The van der Waals surface area contributed by atoms with Crippen LogP contribution in [-0.4, -0.2) is 37.0 Å². The summed E-state index contributed by atoms with van der Waals surface area (Å²) in [5.74, 6) is -0.303. The van der Waals surface area contributed by atoms with Gasteiger partial charge in [0.2, 0.25) is 5.91 Å². The molecule has 1 amide bonds. The fourth-order valence-corrected chi connectivity index (χ4v) is 2.77. The van der Waals surface area contributed by atoms with Crippen LogP contribution in [0, 0.1) is 12.7 Å². The minimum atomic E-state index is -0.260. The van der Waals surface area contributed by atoms with Gasteiger partial charge in [-0.15, -0.1) is 0 Å². The number of morpholine rings is 1. The number of rotatable bonds is 4. The molecule has 1 N–H and O–H groups in total. The molecular weight excluding hydrogens is 307 g/mol. The topological polar surface area (TPSA) is 41.6 Å². The lowest BCUT2D eigenvalue weighted by atomic mass is 10.1. The lowest BCUT2D eigenvalue weighted by molar-refractivity contribution is -0.119. The Kier molecular flexibility index (Phi) is 5.23. The van der Waals surface area contributed by atoms with Crippen LogP contribution in [0.25, 0.3) is 0 Å². The summed E-state index contributed by atoms with van der Waals surface area (Å²) in [6.45, 7) is 4.20. The van der Waals surface area contributed by atoms with Gasteiger partial charge in [0.1, 0.15) is 5.82 Å². The monoisotopic (exact) mass is 328 g/mol. The van der Waals surface area contributed by atoms with Crippen molar-refractivity contribution in [2.45, 2.75) is 13.0 Å². The van der Waals surface area contributed by atoms with Gasteiger partial charge in [0.05, 0.1) is 19.3 Å². The van der Waals surface area contributed by atoms with Crippen LogP contribution in [0.2, 0.25) is 0 Å². The molecule has 1 atom stereocenters. The van der Waals surface area contributed by atoms with Crippen LogP contribution >= 0.6 is 0 Å². The molecule has 0 radical (unpaired) electrons. The summed E-state index contributed by atoms with van der Waals surface area (Å²) in [7, 11) is 0. The fourth-order valence-electron chi connectivity index (χ4n) is 2.77. The highest BCUT2D eigenvalue weighted by molar-refractivity contribution is 5.92. The highest BCUT2D eigenvalue weighted by Crippen LogP contribution is 2.22. The van der Waals surface area contributed by atoms with E-state index < -0.39 is 0 Å². The molecule has 0 bridgehead atoms. The summed E-state index contributed by atoms with van der Waals surface area (Å²) in [6.07, 6.45) is -0.133. The van der Waals surface area contributed by atoms with Crippen LogP contribution in [0.3, 0.4) is 0 Å². The Morgan fingerprint density at radius 1 is 1.21 bits per heavy atom. The van der Waals surface area contributed by atoms with Crippen molar-refractivity contribution in [2.24, 2.45) is 0 Å². The standard InChI is InChI=1S/C19H21FN2O2/c1-14-2-8-17(9-3-14)21-19(23)13-22-10-11-24-18(12-22)15-4-6-16(20)7-5-15/h2-9,18H,10-13H2,1H3,(H,21,23). The Balaban J connectivity index is 1.55. The third-order valence-corrected chi connectivity index (χ3v) is 4.09. The van der Waals surface area contributed by atoms with Crippen molar-refractivity contribution in [1.82, 2.24) is 4.90 Å². The summed E-state index contributed by atoms with van der Waals surface area (Å²) < 4.78 is 18.8. The van der Waals surface area contributed by atoms with Crippen molar-refractivity contribution in [3.63, 3.8) is 0 Å². The summed E-state index contributed by atoms with van der Waals surface area (Å²) >= 11 is 0. The van der Waals surface area contributed by atoms with E-state index in [4.69, 9.17) is 4.74 Å². The predicted octanol–water partition coefficient (Wildman–Crippen LogP) is 3.15. The van der Waals surface area contributed by atoms with Crippen molar-refractivity contribution < 1.29 is 13.9 Å². The number of hydrogen-bond acceptors (Lipinski definition) is 3. The fraction of sp³-hybridized carbons (Fsp3) is 0.316. The van der Waals surface area contributed by atoms with Gasteiger partial charge < -0.3 is 10.1 Å². The van der Waals surface area contributed by atoms with Gasteiger partial charge in [0, 0.05) is 18.8 Å². The maximum atomic E-state index is 13.0. The second-order valence-corrected chi connectivity index (χ2v) is 6.06. The molecule has 0 aliphatic carbocycles. The molecule has 0 saturated carbocycles. The van der Waals surface area contributed by atoms with Gasteiger partial charge in [0.15, 0.2) is 0 Å². The minimum absolute atomic E-state index is 0.0430. The zero-order valence-corrected chi connectivity index (χ0v) is 13.7. The maximum Gasteiger partial charge on any atom is 0.238 e. The molecule has 1 unspecified atom stereocenters. The van der Waals surface area contributed by atoms with Crippen LogP contribution < -0.4 is 5.32 Å². The van der Waals surface area contributed by atoms with Gasteiger partial charge in [-0.05, 0) is 36.8 Å². The molecule has 0 aromatic heterocycles. The number of benzene rings is 2. The third-order valence-electron chi connectivity index (χ3n) is 4.09. The smallest absolute Gasteiger partial charge is 0.238 e.